The zero-order chi connectivity index (χ0) is 20.8. The molecule has 0 radical (unpaired) electrons. The number of rotatable bonds is 9. The highest BCUT2D eigenvalue weighted by Crippen LogP contribution is 2.39. The van der Waals surface area contributed by atoms with E-state index in [0.29, 0.717) is 11.6 Å². The molecule has 0 amide bonds. The van der Waals surface area contributed by atoms with Crippen LogP contribution >= 0.6 is 11.6 Å². The zero-order valence-electron chi connectivity index (χ0n) is 17.8. The van der Waals surface area contributed by atoms with E-state index < -0.39 is 0 Å². The smallest absolute Gasteiger partial charge is 0.161 e. The molecule has 2 aromatic rings. The summed E-state index contributed by atoms with van der Waals surface area (Å²) in [5, 5.41) is 4.29. The van der Waals surface area contributed by atoms with Crippen molar-refractivity contribution in [2.45, 2.75) is 26.3 Å². The lowest BCUT2D eigenvalue weighted by Gasteiger charge is -2.29. The number of fused-ring (bicyclic) bond motifs is 1. The maximum Gasteiger partial charge on any atom is 0.161 e. The zero-order valence-corrected chi connectivity index (χ0v) is 18.5. The molecule has 0 aliphatic carbocycles. The average molecular weight is 419 g/mol. The van der Waals surface area contributed by atoms with E-state index in [1.807, 2.05) is 18.2 Å². The largest absolute Gasteiger partial charge is 0.497 e. The lowest BCUT2D eigenvalue weighted by molar-refractivity contribution is 0.217. The highest BCUT2D eigenvalue weighted by molar-refractivity contribution is 6.31. The van der Waals surface area contributed by atoms with Crippen molar-refractivity contribution >= 4 is 11.6 Å². The Morgan fingerprint density at radius 1 is 1.03 bits per heavy atom. The molecule has 0 bridgehead atoms. The van der Waals surface area contributed by atoms with Crippen LogP contribution in [0.1, 0.15) is 36.6 Å². The number of nitrogens with zero attached hydrogens (tertiary/aromatic N) is 1. The van der Waals surface area contributed by atoms with E-state index in [-0.39, 0.29) is 6.04 Å². The first-order valence-corrected chi connectivity index (χ1v) is 10.6. The molecule has 158 valence electrons. The third-order valence-electron chi connectivity index (χ3n) is 5.56. The number of benzene rings is 2. The molecule has 0 fully saturated rings. The Balaban J connectivity index is 1.89. The van der Waals surface area contributed by atoms with Crippen LogP contribution in [0.15, 0.2) is 30.3 Å². The van der Waals surface area contributed by atoms with Crippen LogP contribution in [0.3, 0.4) is 0 Å². The van der Waals surface area contributed by atoms with Gasteiger partial charge in [-0.3, -0.25) is 0 Å². The number of methoxy groups -OCH3 is 2. The second kappa shape index (κ2) is 10.2. The van der Waals surface area contributed by atoms with Crippen LogP contribution in [0.4, 0.5) is 0 Å². The van der Waals surface area contributed by atoms with Crippen LogP contribution in [0.5, 0.6) is 17.2 Å². The lowest BCUT2D eigenvalue weighted by atomic mass is 9.89. The monoisotopic (exact) mass is 418 g/mol. The van der Waals surface area contributed by atoms with Crippen molar-refractivity contribution in [1.82, 2.24) is 10.2 Å². The van der Waals surface area contributed by atoms with Crippen LogP contribution in [0, 0.1) is 0 Å². The molecule has 1 unspecified atom stereocenters. The number of hydrogen-bond acceptors (Lipinski definition) is 5. The molecule has 0 spiro atoms. The summed E-state index contributed by atoms with van der Waals surface area (Å²) in [6.07, 6.45) is 0.940. The molecule has 0 aromatic heterocycles. The fourth-order valence-electron chi connectivity index (χ4n) is 3.81. The van der Waals surface area contributed by atoms with Crippen molar-refractivity contribution in [3.63, 3.8) is 0 Å². The van der Waals surface area contributed by atoms with Gasteiger partial charge in [-0.15, -0.1) is 0 Å². The summed E-state index contributed by atoms with van der Waals surface area (Å²) in [4.78, 5) is 2.34. The molecule has 1 atom stereocenters. The van der Waals surface area contributed by atoms with Crippen LogP contribution in [-0.2, 0) is 6.42 Å². The first-order chi connectivity index (χ1) is 14.1. The molecular weight excluding hydrogens is 388 g/mol. The Morgan fingerprint density at radius 2 is 1.83 bits per heavy atom. The quantitative estimate of drug-likeness (QED) is 0.657. The molecule has 1 heterocycles. The fraction of sp³-hybridized carbons (Fsp3) is 0.478. The molecule has 2 aromatic carbocycles. The molecule has 1 aliphatic rings. The van der Waals surface area contributed by atoms with Crippen LogP contribution in [0.2, 0.25) is 5.02 Å². The fourth-order valence-corrected chi connectivity index (χ4v) is 4.09. The van der Waals surface area contributed by atoms with Crippen LogP contribution in [0.25, 0.3) is 0 Å². The van der Waals surface area contributed by atoms with E-state index in [4.69, 9.17) is 25.8 Å². The van der Waals surface area contributed by atoms with E-state index >= 15 is 0 Å². The van der Waals surface area contributed by atoms with Crippen LogP contribution < -0.4 is 19.5 Å². The summed E-state index contributed by atoms with van der Waals surface area (Å²) >= 11 is 6.58. The predicted octanol–water partition coefficient (Wildman–Crippen LogP) is 4.31. The third-order valence-corrected chi connectivity index (χ3v) is 5.88. The van der Waals surface area contributed by atoms with E-state index in [9.17, 15) is 0 Å². The predicted molar refractivity (Wildman–Crippen MR) is 118 cm³/mol. The van der Waals surface area contributed by atoms with Gasteiger partial charge in [-0.05, 0) is 60.5 Å². The minimum atomic E-state index is 0.00759. The summed E-state index contributed by atoms with van der Waals surface area (Å²) < 4.78 is 17.0. The van der Waals surface area contributed by atoms with Crippen molar-refractivity contribution in [3.8, 4) is 17.2 Å². The van der Waals surface area contributed by atoms with Crippen molar-refractivity contribution in [2.75, 3.05) is 47.0 Å². The van der Waals surface area contributed by atoms with E-state index in [0.717, 1.165) is 55.4 Å². The molecule has 3 rings (SSSR count). The number of nitrogens with one attached hydrogen (secondary N) is 1. The minimum Gasteiger partial charge on any atom is -0.497 e. The van der Waals surface area contributed by atoms with Gasteiger partial charge in [0.25, 0.3) is 0 Å². The Bertz CT molecular complexity index is 824. The van der Waals surface area contributed by atoms with Gasteiger partial charge >= 0.3 is 0 Å². The van der Waals surface area contributed by atoms with Gasteiger partial charge < -0.3 is 24.4 Å². The van der Waals surface area contributed by atoms with Gasteiger partial charge in [-0.2, -0.15) is 0 Å². The van der Waals surface area contributed by atoms with Gasteiger partial charge in [0, 0.05) is 18.1 Å². The van der Waals surface area contributed by atoms with Crippen molar-refractivity contribution in [2.24, 2.45) is 0 Å². The number of hydrogen-bond donors (Lipinski definition) is 1. The maximum atomic E-state index is 6.58. The van der Waals surface area contributed by atoms with Gasteiger partial charge in [-0.25, -0.2) is 0 Å². The standard InChI is InChI=1S/C23H31ClN2O3/c1-5-26(6-2)11-12-29-22-15-19-16(13-21(22)28-4)9-10-25-23(19)18-8-7-17(27-3)14-20(18)24/h7-8,13-15,23,25H,5-6,9-12H2,1-4H3. The van der Waals surface area contributed by atoms with Gasteiger partial charge in [0.1, 0.15) is 12.4 Å². The summed E-state index contributed by atoms with van der Waals surface area (Å²) in [5.41, 5.74) is 3.48. The molecule has 6 heteroatoms. The SMILES string of the molecule is CCN(CC)CCOc1cc2c(cc1OC)CCNC2c1ccc(OC)cc1Cl. The summed E-state index contributed by atoms with van der Waals surface area (Å²) in [5.74, 6) is 2.31. The number of ether oxygens (including phenoxy) is 3. The maximum absolute atomic E-state index is 6.58. The van der Waals surface area contributed by atoms with Gasteiger partial charge in [0.05, 0.1) is 20.3 Å². The summed E-state index contributed by atoms with van der Waals surface area (Å²) in [7, 11) is 3.34. The molecule has 29 heavy (non-hydrogen) atoms. The van der Waals surface area contributed by atoms with Gasteiger partial charge in [-0.1, -0.05) is 31.5 Å². The second-order valence-corrected chi connectivity index (χ2v) is 7.51. The van der Waals surface area contributed by atoms with Crippen molar-refractivity contribution < 1.29 is 14.2 Å². The molecule has 0 saturated heterocycles. The lowest BCUT2D eigenvalue weighted by Crippen LogP contribution is -2.31. The Labute approximate surface area is 178 Å². The van der Waals surface area contributed by atoms with E-state index in [1.54, 1.807) is 14.2 Å². The average Bonchev–Trinajstić information content (AvgIpc) is 2.75. The molecule has 0 saturated carbocycles. The van der Waals surface area contributed by atoms with Gasteiger partial charge in [0.15, 0.2) is 11.5 Å². The molecule has 5 nitrogen and oxygen atoms in total. The topological polar surface area (TPSA) is 43.0 Å². The number of likely N-dealkylation sites (N-methyl/N-ethyl adjacent to an activating group) is 1. The van der Waals surface area contributed by atoms with E-state index in [1.165, 1.54) is 11.1 Å². The molecular formula is C23H31ClN2O3. The molecule has 1 aliphatic heterocycles. The highest BCUT2D eigenvalue weighted by Gasteiger charge is 2.26. The summed E-state index contributed by atoms with van der Waals surface area (Å²) in [6.45, 7) is 8.75. The summed E-state index contributed by atoms with van der Waals surface area (Å²) in [6, 6.07) is 10.0. The Kier molecular flexibility index (Phi) is 7.64. The molecule has 1 N–H and O–H groups in total. The van der Waals surface area contributed by atoms with Crippen LogP contribution in [-0.4, -0.2) is 51.9 Å². The normalized spacial score (nSPS) is 15.9. The first kappa shape index (κ1) is 21.8. The first-order valence-electron chi connectivity index (χ1n) is 10.2. The Morgan fingerprint density at radius 3 is 2.48 bits per heavy atom. The third kappa shape index (κ3) is 4.97. The van der Waals surface area contributed by atoms with Gasteiger partial charge in [0.2, 0.25) is 0 Å². The van der Waals surface area contributed by atoms with Crippen molar-refractivity contribution in [3.05, 3.63) is 52.0 Å². The number of halogens is 1. The van der Waals surface area contributed by atoms with Crippen molar-refractivity contribution in [1.29, 1.82) is 0 Å². The second-order valence-electron chi connectivity index (χ2n) is 7.10. The highest BCUT2D eigenvalue weighted by atomic mass is 35.5. The van der Waals surface area contributed by atoms with E-state index in [2.05, 4.69) is 36.2 Å². The minimum absolute atomic E-state index is 0.00759. The Hall–Kier alpha value is -1.95.